The maximum Gasteiger partial charge on any atom is 0.308 e. The fourth-order valence-corrected chi connectivity index (χ4v) is 3.97. The highest BCUT2D eigenvalue weighted by Gasteiger charge is 2.37. The third-order valence-corrected chi connectivity index (χ3v) is 5.44. The van der Waals surface area contributed by atoms with E-state index in [2.05, 4.69) is 27.8 Å². The summed E-state index contributed by atoms with van der Waals surface area (Å²) < 4.78 is 6.82. The number of esters is 1. The Morgan fingerprint density at radius 3 is 2.66 bits per heavy atom. The molecule has 0 unspecified atom stereocenters. The lowest BCUT2D eigenvalue weighted by Crippen LogP contribution is -2.51. The molecule has 0 aliphatic heterocycles. The second kappa shape index (κ2) is 10.2. The molecule has 0 spiro atoms. The van der Waals surface area contributed by atoms with E-state index in [1.165, 1.54) is 5.56 Å². The van der Waals surface area contributed by atoms with Gasteiger partial charge < -0.3 is 10.1 Å². The normalized spacial score (nSPS) is 15.6. The van der Waals surface area contributed by atoms with Gasteiger partial charge in [0.15, 0.2) is 5.69 Å². The van der Waals surface area contributed by atoms with Gasteiger partial charge in [0.25, 0.3) is 5.91 Å². The molecule has 1 heterocycles. The van der Waals surface area contributed by atoms with E-state index in [9.17, 15) is 9.59 Å². The molecular weight excluding hydrogens is 368 g/mol. The first-order valence-electron chi connectivity index (χ1n) is 10.5. The fraction of sp³-hybridized carbons (Fsp3) is 0.545. The van der Waals surface area contributed by atoms with E-state index in [0.717, 1.165) is 44.9 Å². The Kier molecular flexibility index (Phi) is 7.38. The summed E-state index contributed by atoms with van der Waals surface area (Å²) in [6.07, 6.45) is 8.42. The summed E-state index contributed by atoms with van der Waals surface area (Å²) in [5, 5.41) is 11.2. The van der Waals surface area contributed by atoms with Gasteiger partial charge in [0.2, 0.25) is 0 Å². The van der Waals surface area contributed by atoms with Crippen molar-refractivity contribution in [3.63, 3.8) is 0 Å². The summed E-state index contributed by atoms with van der Waals surface area (Å²) in [5.74, 6) is -0.537. The van der Waals surface area contributed by atoms with Crippen LogP contribution in [0.1, 0.15) is 67.9 Å². The average Bonchev–Trinajstić information content (AvgIpc) is 3.19. The molecule has 0 radical (unpaired) electrons. The van der Waals surface area contributed by atoms with Gasteiger partial charge in [-0.05, 0) is 38.2 Å². The summed E-state index contributed by atoms with van der Waals surface area (Å²) >= 11 is 0. The van der Waals surface area contributed by atoms with Gasteiger partial charge >= 0.3 is 5.97 Å². The molecule has 1 aliphatic carbocycles. The highest BCUT2D eigenvalue weighted by atomic mass is 16.5. The third-order valence-electron chi connectivity index (χ3n) is 5.44. The van der Waals surface area contributed by atoms with Gasteiger partial charge in [-0.2, -0.15) is 0 Å². The molecule has 7 heteroatoms. The number of carbonyl (C=O) groups is 2. The minimum Gasteiger partial charge on any atom is -0.466 e. The zero-order chi connectivity index (χ0) is 20.5. The number of nitrogens with one attached hydrogen (secondary N) is 1. The molecule has 1 fully saturated rings. The van der Waals surface area contributed by atoms with Crippen molar-refractivity contribution in [2.75, 3.05) is 6.61 Å². The molecule has 1 saturated carbocycles. The van der Waals surface area contributed by atoms with Crippen molar-refractivity contribution in [3.05, 3.63) is 47.8 Å². The molecular formula is C22H30N4O3. The topological polar surface area (TPSA) is 86.1 Å². The van der Waals surface area contributed by atoms with Crippen molar-refractivity contribution in [1.29, 1.82) is 0 Å². The Morgan fingerprint density at radius 1 is 1.17 bits per heavy atom. The van der Waals surface area contributed by atoms with E-state index in [-0.39, 0.29) is 18.3 Å². The summed E-state index contributed by atoms with van der Waals surface area (Å²) in [7, 11) is 0. The number of nitrogens with zero attached hydrogens (tertiary/aromatic N) is 3. The largest absolute Gasteiger partial charge is 0.466 e. The Labute approximate surface area is 171 Å². The van der Waals surface area contributed by atoms with E-state index >= 15 is 0 Å². The van der Waals surface area contributed by atoms with Crippen molar-refractivity contribution in [3.8, 4) is 0 Å². The van der Waals surface area contributed by atoms with Crippen LogP contribution in [0.25, 0.3) is 0 Å². The van der Waals surface area contributed by atoms with Gasteiger partial charge in [-0.3, -0.25) is 14.3 Å². The Morgan fingerprint density at radius 2 is 1.93 bits per heavy atom. The van der Waals surface area contributed by atoms with Crippen LogP contribution >= 0.6 is 0 Å². The lowest BCUT2D eigenvalue weighted by atomic mass is 9.79. The molecule has 7 nitrogen and oxygen atoms in total. The van der Waals surface area contributed by atoms with Gasteiger partial charge in [0.05, 0.1) is 24.8 Å². The van der Waals surface area contributed by atoms with Crippen molar-refractivity contribution in [1.82, 2.24) is 20.3 Å². The predicted molar refractivity (Wildman–Crippen MR) is 109 cm³/mol. The fourth-order valence-electron chi connectivity index (χ4n) is 3.97. The highest BCUT2D eigenvalue weighted by molar-refractivity contribution is 5.92. The van der Waals surface area contributed by atoms with Crippen LogP contribution < -0.4 is 5.32 Å². The summed E-state index contributed by atoms with van der Waals surface area (Å²) in [6, 6.07) is 10.3. The van der Waals surface area contributed by atoms with Crippen molar-refractivity contribution < 1.29 is 14.3 Å². The lowest BCUT2D eigenvalue weighted by molar-refractivity contribution is -0.145. The van der Waals surface area contributed by atoms with E-state index in [1.54, 1.807) is 17.8 Å². The van der Waals surface area contributed by atoms with E-state index in [0.29, 0.717) is 18.8 Å². The maximum atomic E-state index is 12.8. The molecule has 156 valence electrons. The molecule has 0 atom stereocenters. The van der Waals surface area contributed by atoms with Crippen LogP contribution in [0.4, 0.5) is 0 Å². The first-order valence-corrected chi connectivity index (χ1v) is 10.5. The number of amides is 1. The number of aryl methyl sites for hydroxylation is 2. The average molecular weight is 399 g/mol. The number of hydrogen-bond donors (Lipinski definition) is 1. The minimum atomic E-state index is -0.543. The van der Waals surface area contributed by atoms with Crippen LogP contribution in [0.3, 0.4) is 0 Å². The van der Waals surface area contributed by atoms with Crippen LogP contribution in [0.2, 0.25) is 0 Å². The molecule has 2 aromatic rings. The van der Waals surface area contributed by atoms with Gasteiger partial charge in [0.1, 0.15) is 0 Å². The number of aromatic nitrogens is 3. The third kappa shape index (κ3) is 6.14. The lowest BCUT2D eigenvalue weighted by Gasteiger charge is -2.37. The van der Waals surface area contributed by atoms with Gasteiger partial charge in [-0.1, -0.05) is 54.8 Å². The molecule has 29 heavy (non-hydrogen) atoms. The Balaban J connectivity index is 1.56. The maximum absolute atomic E-state index is 12.8. The number of benzene rings is 1. The van der Waals surface area contributed by atoms with Crippen LogP contribution in [0.15, 0.2) is 36.5 Å². The van der Waals surface area contributed by atoms with E-state index in [4.69, 9.17) is 4.74 Å². The van der Waals surface area contributed by atoms with Gasteiger partial charge in [-0.25, -0.2) is 0 Å². The molecule has 1 N–H and O–H groups in total. The zero-order valence-corrected chi connectivity index (χ0v) is 17.1. The standard InChI is InChI=1S/C22H30N4O3/c1-2-29-20(27)16-22(13-7-4-8-14-22)23-21(28)19-17-26(25-24-19)15-9-12-18-10-5-3-6-11-18/h3,5-6,10-11,17H,2,4,7-9,12-16H2,1H3,(H,23,28). The first-order chi connectivity index (χ1) is 14.1. The van der Waals surface area contributed by atoms with Gasteiger partial charge in [0, 0.05) is 6.54 Å². The van der Waals surface area contributed by atoms with Crippen LogP contribution in [0, 0.1) is 0 Å². The zero-order valence-electron chi connectivity index (χ0n) is 17.1. The Bertz CT molecular complexity index is 797. The Hall–Kier alpha value is -2.70. The van der Waals surface area contributed by atoms with Crippen molar-refractivity contribution in [2.45, 2.75) is 70.4 Å². The molecule has 0 saturated heterocycles. The highest BCUT2D eigenvalue weighted by Crippen LogP contribution is 2.31. The second-order valence-corrected chi connectivity index (χ2v) is 7.73. The smallest absolute Gasteiger partial charge is 0.308 e. The summed E-state index contributed by atoms with van der Waals surface area (Å²) in [6.45, 7) is 2.84. The minimum absolute atomic E-state index is 0.206. The molecule has 1 aliphatic rings. The molecule has 1 aromatic carbocycles. The number of hydrogen-bond acceptors (Lipinski definition) is 5. The molecule has 1 amide bonds. The number of rotatable bonds is 9. The quantitative estimate of drug-likeness (QED) is 0.655. The summed E-state index contributed by atoms with van der Waals surface area (Å²) in [5.41, 5.74) is 1.03. The number of ether oxygens (including phenoxy) is 1. The molecule has 1 aromatic heterocycles. The molecule has 0 bridgehead atoms. The van der Waals surface area contributed by atoms with E-state index in [1.807, 2.05) is 18.2 Å². The van der Waals surface area contributed by atoms with Crippen LogP contribution in [-0.4, -0.2) is 39.0 Å². The summed E-state index contributed by atoms with van der Waals surface area (Å²) in [4.78, 5) is 24.9. The predicted octanol–water partition coefficient (Wildman–Crippen LogP) is 3.30. The van der Waals surface area contributed by atoms with E-state index < -0.39 is 5.54 Å². The van der Waals surface area contributed by atoms with Crippen LogP contribution in [-0.2, 0) is 22.5 Å². The van der Waals surface area contributed by atoms with Crippen molar-refractivity contribution >= 4 is 11.9 Å². The SMILES string of the molecule is CCOC(=O)CC1(NC(=O)c2cn(CCCc3ccccc3)nn2)CCCCC1. The second-order valence-electron chi connectivity index (χ2n) is 7.73. The van der Waals surface area contributed by atoms with Crippen LogP contribution in [0.5, 0.6) is 0 Å². The number of carbonyl (C=O) groups excluding carboxylic acids is 2. The monoisotopic (exact) mass is 398 g/mol. The molecule has 3 rings (SSSR count). The van der Waals surface area contributed by atoms with Gasteiger partial charge in [-0.15, -0.1) is 5.10 Å². The first kappa shape index (κ1) is 21.0. The van der Waals surface area contributed by atoms with Crippen molar-refractivity contribution in [2.24, 2.45) is 0 Å².